The van der Waals surface area contributed by atoms with Crippen molar-refractivity contribution in [1.82, 2.24) is 4.98 Å². The molecule has 9 rings (SSSR count). The van der Waals surface area contributed by atoms with Crippen LogP contribution in [0.25, 0.3) is 93.4 Å². The predicted molar refractivity (Wildman–Crippen MR) is 229 cm³/mol. The minimum Gasteiger partial charge on any atom is -0.246 e. The largest absolute Gasteiger partial charge is 0.246 e. The van der Waals surface area contributed by atoms with Crippen molar-refractivity contribution in [2.75, 3.05) is 0 Å². The first-order chi connectivity index (χ1) is 26.2. The summed E-state index contributed by atoms with van der Waals surface area (Å²) in [4.78, 5) is 5.75. The standard InChI is InChI=1S/C52H37N/c1-3-4-9-18-35(2)40-31-46(37-21-12-6-13-22-37)42-27-29-44-50(39-25-16-8-17-26-39)45-30-28-43-47(38-23-14-7-15-24-38)33-41(36-19-10-5-11-20-36)34-49(43)52(45)53-51(44)48(42)32-40/h3-34H,1H2,2H3. The molecule has 0 radical (unpaired) electrons. The van der Waals surface area contributed by atoms with Crippen LogP contribution < -0.4 is 0 Å². The quantitative estimate of drug-likeness (QED) is 0.0931. The highest BCUT2D eigenvalue weighted by Gasteiger charge is 2.19. The highest BCUT2D eigenvalue weighted by atomic mass is 14.7. The van der Waals surface area contributed by atoms with Gasteiger partial charge in [0, 0.05) is 27.1 Å². The fraction of sp³-hybridized carbons (Fsp3) is 0.0192. The predicted octanol–water partition coefficient (Wildman–Crippen LogP) is 14.5. The van der Waals surface area contributed by atoms with Gasteiger partial charge in [-0.05, 0) is 92.0 Å². The molecule has 8 aromatic carbocycles. The van der Waals surface area contributed by atoms with Crippen molar-refractivity contribution in [3.8, 4) is 44.5 Å². The van der Waals surface area contributed by atoms with Crippen LogP contribution in [-0.2, 0) is 0 Å². The number of nitrogens with zero attached hydrogens (tertiary/aromatic N) is 1. The van der Waals surface area contributed by atoms with Crippen LogP contribution in [0.3, 0.4) is 0 Å². The van der Waals surface area contributed by atoms with Crippen molar-refractivity contribution in [1.29, 1.82) is 0 Å². The van der Waals surface area contributed by atoms with Crippen LogP contribution in [-0.4, -0.2) is 4.98 Å². The summed E-state index contributed by atoms with van der Waals surface area (Å²) in [5.74, 6) is 0. The monoisotopic (exact) mass is 675 g/mol. The Balaban J connectivity index is 1.46. The number of rotatable bonds is 7. The summed E-state index contributed by atoms with van der Waals surface area (Å²) < 4.78 is 0. The van der Waals surface area contributed by atoms with Crippen LogP contribution in [0.1, 0.15) is 12.5 Å². The maximum atomic E-state index is 5.75. The van der Waals surface area contributed by atoms with Crippen molar-refractivity contribution in [3.63, 3.8) is 0 Å². The lowest BCUT2D eigenvalue weighted by atomic mass is 9.87. The second kappa shape index (κ2) is 13.7. The number of allylic oxidation sites excluding steroid dienone is 5. The first kappa shape index (κ1) is 32.1. The molecule has 0 aliphatic carbocycles. The smallest absolute Gasteiger partial charge is 0.0795 e. The zero-order valence-electron chi connectivity index (χ0n) is 29.6. The molecule has 250 valence electrons. The van der Waals surface area contributed by atoms with Gasteiger partial charge >= 0.3 is 0 Å². The van der Waals surface area contributed by atoms with Crippen LogP contribution in [0.15, 0.2) is 201 Å². The van der Waals surface area contributed by atoms with Gasteiger partial charge in [-0.1, -0.05) is 176 Å². The summed E-state index contributed by atoms with van der Waals surface area (Å²) in [5.41, 5.74) is 13.8. The molecule has 0 bridgehead atoms. The fourth-order valence-electron chi connectivity index (χ4n) is 7.77. The molecule has 0 N–H and O–H groups in total. The van der Waals surface area contributed by atoms with Gasteiger partial charge in [-0.3, -0.25) is 0 Å². The zero-order chi connectivity index (χ0) is 35.7. The molecule has 1 nitrogen and oxygen atoms in total. The summed E-state index contributed by atoms with van der Waals surface area (Å²) in [6.07, 6.45) is 7.99. The van der Waals surface area contributed by atoms with Crippen molar-refractivity contribution in [3.05, 3.63) is 206 Å². The Morgan fingerprint density at radius 3 is 1.45 bits per heavy atom. The third kappa shape index (κ3) is 5.83. The fourth-order valence-corrected chi connectivity index (χ4v) is 7.77. The molecule has 53 heavy (non-hydrogen) atoms. The molecule has 0 spiro atoms. The molecular formula is C52H37N. The van der Waals surface area contributed by atoms with Gasteiger partial charge in [-0.15, -0.1) is 0 Å². The van der Waals surface area contributed by atoms with E-state index >= 15 is 0 Å². The maximum Gasteiger partial charge on any atom is 0.0795 e. The first-order valence-corrected chi connectivity index (χ1v) is 18.2. The van der Waals surface area contributed by atoms with Gasteiger partial charge in [0.15, 0.2) is 0 Å². The SMILES string of the molecule is C=CC=CC=C(C)c1cc(-c2ccccc2)c2ccc3c(-c4ccccc4)c4ccc5c(-c6ccccc6)cc(-c6ccccc6)cc5c4nc3c2c1. The van der Waals surface area contributed by atoms with Gasteiger partial charge in [0.2, 0.25) is 0 Å². The number of pyridine rings is 1. The van der Waals surface area contributed by atoms with Crippen LogP contribution in [0.4, 0.5) is 0 Å². The van der Waals surface area contributed by atoms with E-state index in [2.05, 4.69) is 196 Å². The summed E-state index contributed by atoms with van der Waals surface area (Å²) in [5, 5.41) is 6.94. The van der Waals surface area contributed by atoms with Gasteiger partial charge < -0.3 is 0 Å². The van der Waals surface area contributed by atoms with Crippen molar-refractivity contribution >= 4 is 48.9 Å². The molecule has 0 unspecified atom stereocenters. The minimum atomic E-state index is 1.00. The summed E-state index contributed by atoms with van der Waals surface area (Å²) >= 11 is 0. The average Bonchev–Trinajstić information content (AvgIpc) is 3.23. The molecule has 0 aliphatic rings. The highest BCUT2D eigenvalue weighted by molar-refractivity contribution is 6.24. The summed E-state index contributed by atoms with van der Waals surface area (Å²) in [6, 6.07) is 61.4. The molecule has 1 aromatic heterocycles. The van der Waals surface area contributed by atoms with E-state index in [4.69, 9.17) is 4.98 Å². The third-order valence-corrected chi connectivity index (χ3v) is 10.4. The number of aromatic nitrogens is 1. The lowest BCUT2D eigenvalue weighted by molar-refractivity contribution is 1.52. The van der Waals surface area contributed by atoms with E-state index in [1.54, 1.807) is 0 Å². The topological polar surface area (TPSA) is 12.9 Å². The van der Waals surface area contributed by atoms with Gasteiger partial charge in [0.05, 0.1) is 11.0 Å². The molecule has 0 atom stereocenters. The summed E-state index contributed by atoms with van der Waals surface area (Å²) in [6.45, 7) is 6.04. The Morgan fingerprint density at radius 1 is 0.434 bits per heavy atom. The third-order valence-electron chi connectivity index (χ3n) is 10.4. The molecule has 9 aromatic rings. The Bertz CT molecular complexity index is 2870. The normalized spacial score (nSPS) is 12.0. The Labute approximate surface area is 310 Å². The van der Waals surface area contributed by atoms with Gasteiger partial charge in [0.1, 0.15) is 0 Å². The molecule has 0 fully saturated rings. The summed E-state index contributed by atoms with van der Waals surface area (Å²) in [7, 11) is 0. The van der Waals surface area contributed by atoms with Crippen LogP contribution in [0, 0.1) is 0 Å². The van der Waals surface area contributed by atoms with E-state index in [-0.39, 0.29) is 0 Å². The molecule has 0 aliphatic heterocycles. The number of hydrogen-bond acceptors (Lipinski definition) is 1. The maximum absolute atomic E-state index is 5.75. The molecule has 0 saturated heterocycles. The van der Waals surface area contributed by atoms with Crippen molar-refractivity contribution < 1.29 is 0 Å². The molecule has 0 amide bonds. The minimum absolute atomic E-state index is 1.00. The highest BCUT2D eigenvalue weighted by Crippen LogP contribution is 2.44. The second-order valence-corrected chi connectivity index (χ2v) is 13.6. The van der Waals surface area contributed by atoms with Crippen LogP contribution in [0.5, 0.6) is 0 Å². The van der Waals surface area contributed by atoms with Crippen LogP contribution in [0.2, 0.25) is 0 Å². The first-order valence-electron chi connectivity index (χ1n) is 18.2. The average molecular weight is 676 g/mol. The molecule has 1 heterocycles. The van der Waals surface area contributed by atoms with Crippen molar-refractivity contribution in [2.45, 2.75) is 6.92 Å². The molecule has 1 heteroatoms. The van der Waals surface area contributed by atoms with Crippen LogP contribution >= 0.6 is 0 Å². The van der Waals surface area contributed by atoms with E-state index in [1.165, 1.54) is 60.9 Å². The van der Waals surface area contributed by atoms with E-state index in [0.717, 1.165) is 38.1 Å². The zero-order valence-corrected chi connectivity index (χ0v) is 29.6. The van der Waals surface area contributed by atoms with E-state index in [1.807, 2.05) is 12.2 Å². The van der Waals surface area contributed by atoms with E-state index < -0.39 is 0 Å². The van der Waals surface area contributed by atoms with Gasteiger partial charge in [-0.2, -0.15) is 0 Å². The lowest BCUT2D eigenvalue weighted by Crippen LogP contribution is -1.95. The van der Waals surface area contributed by atoms with Gasteiger partial charge in [-0.25, -0.2) is 4.98 Å². The number of fused-ring (bicyclic) bond motifs is 6. The molecular weight excluding hydrogens is 639 g/mol. The Morgan fingerprint density at radius 2 is 0.906 bits per heavy atom. The lowest BCUT2D eigenvalue weighted by Gasteiger charge is -2.18. The number of hydrogen-bond donors (Lipinski definition) is 0. The number of benzene rings is 8. The van der Waals surface area contributed by atoms with E-state index in [0.29, 0.717) is 0 Å². The van der Waals surface area contributed by atoms with E-state index in [9.17, 15) is 0 Å². The molecule has 0 saturated carbocycles. The Hall–Kier alpha value is -6.83. The van der Waals surface area contributed by atoms with Gasteiger partial charge in [0.25, 0.3) is 0 Å². The second-order valence-electron chi connectivity index (χ2n) is 13.6. The van der Waals surface area contributed by atoms with Crippen molar-refractivity contribution in [2.24, 2.45) is 0 Å². The Kier molecular flexibility index (Phi) is 8.31.